The number of nitrogens with zero attached hydrogens (tertiary/aromatic N) is 4. The van der Waals surface area contributed by atoms with Crippen molar-refractivity contribution in [1.82, 2.24) is 19.7 Å². The number of nitrogens with two attached hydrogens (primary N) is 1. The van der Waals surface area contributed by atoms with E-state index in [1.807, 2.05) is 24.3 Å². The Hall–Kier alpha value is -3.02. The van der Waals surface area contributed by atoms with Crippen LogP contribution in [0.3, 0.4) is 0 Å². The molecule has 0 bridgehead atoms. The maximum Gasteiger partial charge on any atom is 0.193 e. The maximum atomic E-state index is 14.6. The summed E-state index contributed by atoms with van der Waals surface area (Å²) < 4.78 is 40.9. The molecule has 4 aromatic rings. The minimum absolute atomic E-state index is 0.116. The van der Waals surface area contributed by atoms with Crippen molar-refractivity contribution in [3.63, 3.8) is 0 Å². The van der Waals surface area contributed by atoms with E-state index in [1.165, 1.54) is 23.0 Å². The van der Waals surface area contributed by atoms with E-state index in [1.54, 1.807) is 29.9 Å². The van der Waals surface area contributed by atoms with E-state index in [0.29, 0.717) is 23.6 Å². The lowest BCUT2D eigenvalue weighted by Crippen LogP contribution is -2.07. The van der Waals surface area contributed by atoms with Crippen molar-refractivity contribution in [1.29, 1.82) is 0 Å². The van der Waals surface area contributed by atoms with Crippen molar-refractivity contribution < 1.29 is 16.6 Å². The van der Waals surface area contributed by atoms with Crippen molar-refractivity contribution in [2.75, 3.05) is 12.3 Å². The molecule has 0 spiro atoms. The van der Waals surface area contributed by atoms with Gasteiger partial charge in [-0.05, 0) is 13.0 Å². The Labute approximate surface area is 184 Å². The molecule has 7 nitrogen and oxygen atoms in total. The molecule has 0 amide bonds. The molecule has 0 saturated carbocycles. The first-order valence-corrected chi connectivity index (χ1v) is 9.87. The number of anilines is 1. The summed E-state index contributed by atoms with van der Waals surface area (Å²) in [6.45, 7) is 1.94. The van der Waals surface area contributed by atoms with Gasteiger partial charge in [0.25, 0.3) is 0 Å². The smallest absolute Gasteiger partial charge is 0.193 e. The van der Waals surface area contributed by atoms with Gasteiger partial charge in [-0.1, -0.05) is 18.2 Å². The van der Waals surface area contributed by atoms with Gasteiger partial charge in [0.05, 0.1) is 24.9 Å². The number of halogens is 3. The summed E-state index contributed by atoms with van der Waals surface area (Å²) in [7, 11) is 0. The number of hydrogen-bond donors (Lipinski definition) is 1. The molecule has 154 valence electrons. The first kappa shape index (κ1) is 20.3. The predicted molar refractivity (Wildman–Crippen MR) is 116 cm³/mol. The molecule has 2 heterocycles. The standard InChI is InChI=1S/C20H16F2IN5O2/c1-2-29-11-7-14(21)13(15(22)8-11)10-28-16-6-4-3-5-12(16)18(27-28)20-25-9-17(30-23)19(24)26-20/h3-9H,2,10H2,1H3,(H2,24,25,26). The van der Waals surface area contributed by atoms with Crippen LogP contribution in [0, 0.1) is 11.6 Å². The van der Waals surface area contributed by atoms with Crippen LogP contribution in [0.25, 0.3) is 22.4 Å². The van der Waals surface area contributed by atoms with E-state index >= 15 is 0 Å². The van der Waals surface area contributed by atoms with Crippen molar-refractivity contribution in [3.8, 4) is 23.0 Å². The highest BCUT2D eigenvalue weighted by Gasteiger charge is 2.19. The monoisotopic (exact) mass is 523 g/mol. The lowest BCUT2D eigenvalue weighted by atomic mass is 10.1. The average Bonchev–Trinajstić information content (AvgIpc) is 3.09. The minimum atomic E-state index is -0.705. The summed E-state index contributed by atoms with van der Waals surface area (Å²) in [4.78, 5) is 8.51. The number of nitrogen functional groups attached to an aromatic ring is 1. The van der Waals surface area contributed by atoms with Crippen LogP contribution in [0.2, 0.25) is 0 Å². The predicted octanol–water partition coefficient (Wildman–Crippen LogP) is 4.53. The molecule has 2 aromatic heterocycles. The SMILES string of the molecule is CCOc1cc(F)c(Cn2nc(-c3ncc(OI)c(N)n3)c3ccccc32)c(F)c1. The highest BCUT2D eigenvalue weighted by Crippen LogP contribution is 2.30. The van der Waals surface area contributed by atoms with Crippen molar-refractivity contribution in [2.24, 2.45) is 0 Å². The van der Waals surface area contributed by atoms with E-state index in [4.69, 9.17) is 13.5 Å². The molecule has 0 aliphatic rings. The van der Waals surface area contributed by atoms with E-state index < -0.39 is 11.6 Å². The minimum Gasteiger partial charge on any atom is -0.494 e. The number of aromatic nitrogens is 4. The molecule has 2 aromatic carbocycles. The van der Waals surface area contributed by atoms with Crippen LogP contribution in [-0.4, -0.2) is 26.4 Å². The van der Waals surface area contributed by atoms with Crippen molar-refractivity contribution in [2.45, 2.75) is 13.5 Å². The van der Waals surface area contributed by atoms with Gasteiger partial charge in [-0.2, -0.15) is 5.10 Å². The lowest BCUT2D eigenvalue weighted by molar-refractivity contribution is 0.335. The molecule has 0 radical (unpaired) electrons. The Morgan fingerprint density at radius 2 is 1.90 bits per heavy atom. The van der Waals surface area contributed by atoms with E-state index in [0.717, 1.165) is 5.39 Å². The second-order valence-electron chi connectivity index (χ2n) is 6.34. The third-order valence-corrected chi connectivity index (χ3v) is 4.94. The Bertz CT molecular complexity index is 1210. The van der Waals surface area contributed by atoms with Gasteiger partial charge >= 0.3 is 0 Å². The molecule has 0 aliphatic heterocycles. The zero-order chi connectivity index (χ0) is 21.3. The van der Waals surface area contributed by atoms with Gasteiger partial charge in [0.1, 0.15) is 23.1 Å². The molecule has 0 aliphatic carbocycles. The van der Waals surface area contributed by atoms with Gasteiger partial charge in [0.15, 0.2) is 40.4 Å². The summed E-state index contributed by atoms with van der Waals surface area (Å²) in [6.07, 6.45) is 1.45. The van der Waals surface area contributed by atoms with Gasteiger partial charge in [-0.3, -0.25) is 4.68 Å². The van der Waals surface area contributed by atoms with Crippen molar-refractivity contribution in [3.05, 3.63) is 59.8 Å². The fourth-order valence-electron chi connectivity index (χ4n) is 3.10. The van der Waals surface area contributed by atoms with Gasteiger partial charge in [0.2, 0.25) is 0 Å². The lowest BCUT2D eigenvalue weighted by Gasteiger charge is -2.09. The number of hydrogen-bond acceptors (Lipinski definition) is 6. The zero-order valence-corrected chi connectivity index (χ0v) is 17.9. The van der Waals surface area contributed by atoms with Crippen LogP contribution in [0.1, 0.15) is 12.5 Å². The highest BCUT2D eigenvalue weighted by molar-refractivity contribution is 14.1. The van der Waals surface area contributed by atoms with Crippen LogP contribution >= 0.6 is 23.0 Å². The Morgan fingerprint density at radius 3 is 2.57 bits per heavy atom. The fraction of sp³-hybridized carbons (Fsp3) is 0.150. The van der Waals surface area contributed by atoms with Crippen molar-refractivity contribution >= 4 is 39.7 Å². The third-order valence-electron chi connectivity index (χ3n) is 4.47. The number of fused-ring (bicyclic) bond motifs is 1. The van der Waals surface area contributed by atoms with Crippen LogP contribution in [0.4, 0.5) is 14.6 Å². The molecule has 30 heavy (non-hydrogen) atoms. The van der Waals surface area contributed by atoms with Gasteiger partial charge < -0.3 is 13.5 Å². The summed E-state index contributed by atoms with van der Waals surface area (Å²) >= 11 is 1.69. The molecule has 0 saturated heterocycles. The Kier molecular flexibility index (Phi) is 5.66. The number of rotatable bonds is 6. The highest BCUT2D eigenvalue weighted by atomic mass is 127. The van der Waals surface area contributed by atoms with Crippen LogP contribution in [0.5, 0.6) is 11.5 Å². The Balaban J connectivity index is 1.79. The van der Waals surface area contributed by atoms with Gasteiger partial charge in [-0.25, -0.2) is 18.7 Å². The second-order valence-corrected chi connectivity index (χ2v) is 6.78. The van der Waals surface area contributed by atoms with Crippen LogP contribution in [0.15, 0.2) is 42.6 Å². The summed E-state index contributed by atoms with van der Waals surface area (Å²) in [6, 6.07) is 9.63. The topological polar surface area (TPSA) is 88.1 Å². The maximum absolute atomic E-state index is 14.6. The largest absolute Gasteiger partial charge is 0.494 e. The molecule has 2 N–H and O–H groups in total. The molecule has 4 rings (SSSR count). The fourth-order valence-corrected chi connectivity index (χ4v) is 3.44. The zero-order valence-electron chi connectivity index (χ0n) is 15.8. The van der Waals surface area contributed by atoms with Gasteiger partial charge in [-0.15, -0.1) is 0 Å². The first-order chi connectivity index (χ1) is 14.5. The average molecular weight is 523 g/mol. The number of para-hydroxylation sites is 1. The molecule has 0 fully saturated rings. The number of ether oxygens (including phenoxy) is 1. The van der Waals surface area contributed by atoms with Gasteiger partial charge in [0, 0.05) is 23.1 Å². The second kappa shape index (κ2) is 8.38. The molecular weight excluding hydrogens is 507 g/mol. The summed E-state index contributed by atoms with van der Waals surface area (Å²) in [5.41, 5.74) is 6.90. The first-order valence-electron chi connectivity index (χ1n) is 8.99. The van der Waals surface area contributed by atoms with E-state index in [-0.39, 0.29) is 29.5 Å². The van der Waals surface area contributed by atoms with E-state index in [2.05, 4.69) is 15.1 Å². The van der Waals surface area contributed by atoms with E-state index in [9.17, 15) is 8.78 Å². The summed E-state index contributed by atoms with van der Waals surface area (Å²) in [5.74, 6) is -0.485. The molecule has 0 unspecified atom stereocenters. The Morgan fingerprint density at radius 1 is 1.17 bits per heavy atom. The third kappa shape index (κ3) is 3.74. The normalized spacial score (nSPS) is 11.1. The van der Waals surface area contributed by atoms with Crippen LogP contribution in [-0.2, 0) is 6.54 Å². The quantitative estimate of drug-likeness (QED) is 0.374. The number of benzene rings is 2. The molecule has 0 atom stereocenters. The molecular formula is C20H16F2IN5O2. The molecule has 10 heteroatoms. The summed E-state index contributed by atoms with van der Waals surface area (Å²) in [5, 5.41) is 5.25. The van der Waals surface area contributed by atoms with Crippen LogP contribution < -0.4 is 13.5 Å².